The number of aryl methyl sites for hydroxylation is 2. The summed E-state index contributed by atoms with van der Waals surface area (Å²) in [5.41, 5.74) is 2.99. The van der Waals surface area contributed by atoms with Crippen LogP contribution in [0.1, 0.15) is 24.0 Å². The first kappa shape index (κ1) is 15.6. The summed E-state index contributed by atoms with van der Waals surface area (Å²) in [7, 11) is 0. The van der Waals surface area contributed by atoms with Gasteiger partial charge in [-0.1, -0.05) is 42.5 Å². The minimum absolute atomic E-state index is 0.360. The summed E-state index contributed by atoms with van der Waals surface area (Å²) in [6.45, 7) is 0. The van der Waals surface area contributed by atoms with Crippen LogP contribution in [0.4, 0.5) is 11.4 Å². The fourth-order valence-corrected chi connectivity index (χ4v) is 2.38. The molecule has 22 heavy (non-hydrogen) atoms. The largest absolute Gasteiger partial charge is 0.240 e. The van der Waals surface area contributed by atoms with Crippen LogP contribution in [0.25, 0.3) is 0 Å². The normalized spacial score (nSPS) is 9.64. The highest BCUT2D eigenvalue weighted by Crippen LogP contribution is 2.32. The Hall–Kier alpha value is -2.80. The SMILES string of the molecule is O=C=Nc1cccc(CCCCc2ccccc2)c1N=C=O. The third kappa shape index (κ3) is 4.35. The maximum absolute atomic E-state index is 10.6. The molecular weight excluding hydrogens is 276 g/mol. The van der Waals surface area contributed by atoms with E-state index in [-0.39, 0.29) is 0 Å². The second kappa shape index (κ2) is 8.48. The van der Waals surface area contributed by atoms with Gasteiger partial charge in [0.15, 0.2) is 0 Å². The number of rotatable bonds is 7. The number of para-hydroxylation sites is 1. The summed E-state index contributed by atoms with van der Waals surface area (Å²) in [6, 6.07) is 15.6. The van der Waals surface area contributed by atoms with Crippen molar-refractivity contribution in [1.82, 2.24) is 0 Å². The number of aliphatic imine (C=N–C) groups is 2. The standard InChI is InChI=1S/C18H16N2O2/c21-13-19-17-12-6-11-16(18(17)20-14-22)10-5-4-9-15-7-2-1-3-8-15/h1-3,6-8,11-12H,4-5,9-10H2. The Morgan fingerprint density at radius 3 is 2.23 bits per heavy atom. The number of hydrogen-bond acceptors (Lipinski definition) is 4. The van der Waals surface area contributed by atoms with Gasteiger partial charge >= 0.3 is 0 Å². The Kier molecular flexibility index (Phi) is 6.01. The molecule has 0 atom stereocenters. The number of benzene rings is 2. The molecule has 0 unspecified atom stereocenters. The van der Waals surface area contributed by atoms with E-state index in [9.17, 15) is 9.59 Å². The molecule has 0 heterocycles. The van der Waals surface area contributed by atoms with Gasteiger partial charge in [-0.15, -0.1) is 0 Å². The van der Waals surface area contributed by atoms with Crippen LogP contribution < -0.4 is 0 Å². The third-order valence-corrected chi connectivity index (χ3v) is 3.43. The lowest BCUT2D eigenvalue weighted by Gasteiger charge is -2.06. The van der Waals surface area contributed by atoms with E-state index in [1.807, 2.05) is 24.3 Å². The summed E-state index contributed by atoms with van der Waals surface area (Å²) in [6.07, 6.45) is 6.80. The predicted molar refractivity (Wildman–Crippen MR) is 85.1 cm³/mol. The Morgan fingerprint density at radius 2 is 1.50 bits per heavy atom. The van der Waals surface area contributed by atoms with Gasteiger partial charge in [0.1, 0.15) is 11.4 Å². The van der Waals surface area contributed by atoms with Crippen LogP contribution in [0.2, 0.25) is 0 Å². The van der Waals surface area contributed by atoms with Gasteiger partial charge < -0.3 is 0 Å². The quantitative estimate of drug-likeness (QED) is 0.436. The topological polar surface area (TPSA) is 58.9 Å². The lowest BCUT2D eigenvalue weighted by atomic mass is 10.0. The van der Waals surface area contributed by atoms with E-state index in [0.29, 0.717) is 11.4 Å². The zero-order chi connectivity index (χ0) is 15.6. The van der Waals surface area contributed by atoms with Gasteiger partial charge in [-0.05, 0) is 42.9 Å². The molecule has 0 saturated carbocycles. The summed E-state index contributed by atoms with van der Waals surface area (Å²) in [5, 5.41) is 0. The maximum atomic E-state index is 10.6. The molecule has 0 aliphatic rings. The van der Waals surface area contributed by atoms with Crippen molar-refractivity contribution in [3.63, 3.8) is 0 Å². The van der Waals surface area contributed by atoms with Crippen LogP contribution in [0.3, 0.4) is 0 Å². The first-order valence-electron chi connectivity index (χ1n) is 7.16. The third-order valence-electron chi connectivity index (χ3n) is 3.43. The fraction of sp³-hybridized carbons (Fsp3) is 0.222. The highest BCUT2D eigenvalue weighted by atomic mass is 16.1. The minimum Gasteiger partial charge on any atom is -0.211 e. The molecule has 110 valence electrons. The van der Waals surface area contributed by atoms with Crippen LogP contribution in [0, 0.1) is 0 Å². The molecule has 0 saturated heterocycles. The van der Waals surface area contributed by atoms with Crippen molar-refractivity contribution in [3.05, 3.63) is 59.7 Å². The van der Waals surface area contributed by atoms with Crippen molar-refractivity contribution in [2.45, 2.75) is 25.7 Å². The van der Waals surface area contributed by atoms with E-state index >= 15 is 0 Å². The molecule has 4 heteroatoms. The highest BCUT2D eigenvalue weighted by molar-refractivity contribution is 5.71. The average Bonchev–Trinajstić information content (AvgIpc) is 2.55. The predicted octanol–water partition coefficient (Wildman–Crippen LogP) is 4.19. The van der Waals surface area contributed by atoms with Crippen LogP contribution in [-0.4, -0.2) is 12.2 Å². The molecule has 0 aliphatic heterocycles. The van der Waals surface area contributed by atoms with Crippen molar-refractivity contribution < 1.29 is 9.59 Å². The first-order valence-corrected chi connectivity index (χ1v) is 7.16. The Labute approximate surface area is 129 Å². The summed E-state index contributed by atoms with van der Waals surface area (Å²) in [5.74, 6) is 0. The molecule has 0 radical (unpaired) electrons. The first-order chi connectivity index (χ1) is 10.8. The van der Waals surface area contributed by atoms with E-state index in [0.717, 1.165) is 31.2 Å². The smallest absolute Gasteiger partial charge is 0.211 e. The van der Waals surface area contributed by atoms with Crippen LogP contribution in [0.15, 0.2) is 58.5 Å². The van der Waals surface area contributed by atoms with E-state index in [2.05, 4.69) is 22.1 Å². The zero-order valence-electron chi connectivity index (χ0n) is 12.2. The number of carbonyl (C=O) groups excluding carboxylic acids is 2. The molecule has 0 amide bonds. The molecule has 2 aromatic carbocycles. The van der Waals surface area contributed by atoms with Crippen LogP contribution >= 0.6 is 0 Å². The van der Waals surface area contributed by atoms with Crippen molar-refractivity contribution in [2.24, 2.45) is 9.98 Å². The van der Waals surface area contributed by atoms with Crippen molar-refractivity contribution in [3.8, 4) is 0 Å². The Balaban J connectivity index is 2.01. The summed E-state index contributed by atoms with van der Waals surface area (Å²) >= 11 is 0. The second-order valence-corrected chi connectivity index (χ2v) is 4.88. The molecule has 0 fully saturated rings. The van der Waals surface area contributed by atoms with Gasteiger partial charge in [-0.3, -0.25) is 0 Å². The Bertz CT molecular complexity index is 713. The summed E-state index contributed by atoms with van der Waals surface area (Å²) < 4.78 is 0. The van der Waals surface area contributed by atoms with Crippen molar-refractivity contribution >= 4 is 23.5 Å². The van der Waals surface area contributed by atoms with E-state index in [1.165, 1.54) is 17.7 Å². The molecule has 4 nitrogen and oxygen atoms in total. The van der Waals surface area contributed by atoms with Gasteiger partial charge in [0.05, 0.1) is 0 Å². The van der Waals surface area contributed by atoms with E-state index in [1.54, 1.807) is 12.1 Å². The van der Waals surface area contributed by atoms with Gasteiger partial charge in [0.2, 0.25) is 12.2 Å². The molecule has 0 aliphatic carbocycles. The van der Waals surface area contributed by atoms with E-state index < -0.39 is 0 Å². The molecular formula is C18H16N2O2. The summed E-state index contributed by atoms with van der Waals surface area (Å²) in [4.78, 5) is 28.3. The minimum atomic E-state index is 0.360. The second-order valence-electron chi connectivity index (χ2n) is 4.88. The van der Waals surface area contributed by atoms with Crippen molar-refractivity contribution in [1.29, 1.82) is 0 Å². The van der Waals surface area contributed by atoms with Crippen LogP contribution in [0.5, 0.6) is 0 Å². The molecule has 0 N–H and O–H groups in total. The van der Waals surface area contributed by atoms with Gasteiger partial charge in [0, 0.05) is 0 Å². The van der Waals surface area contributed by atoms with E-state index in [4.69, 9.17) is 0 Å². The molecule has 2 rings (SSSR count). The average molecular weight is 292 g/mol. The maximum Gasteiger partial charge on any atom is 0.240 e. The molecule has 0 spiro atoms. The lowest BCUT2D eigenvalue weighted by molar-refractivity contribution is 0.564. The highest BCUT2D eigenvalue weighted by Gasteiger charge is 2.07. The Morgan fingerprint density at radius 1 is 0.773 bits per heavy atom. The van der Waals surface area contributed by atoms with Gasteiger partial charge in [0.25, 0.3) is 0 Å². The number of hydrogen-bond donors (Lipinski definition) is 0. The molecule has 0 bridgehead atoms. The lowest BCUT2D eigenvalue weighted by Crippen LogP contribution is -1.90. The number of unbranched alkanes of at least 4 members (excludes halogenated alkanes) is 1. The van der Waals surface area contributed by atoms with Crippen LogP contribution in [-0.2, 0) is 22.4 Å². The number of nitrogens with zero attached hydrogens (tertiary/aromatic N) is 2. The van der Waals surface area contributed by atoms with Gasteiger partial charge in [-0.2, -0.15) is 9.98 Å². The molecule has 0 aromatic heterocycles. The monoisotopic (exact) mass is 292 g/mol. The molecule has 2 aromatic rings. The zero-order valence-corrected chi connectivity index (χ0v) is 12.2. The van der Waals surface area contributed by atoms with Crippen molar-refractivity contribution in [2.75, 3.05) is 0 Å². The fourth-order valence-electron chi connectivity index (χ4n) is 2.38. The van der Waals surface area contributed by atoms with Gasteiger partial charge in [-0.25, -0.2) is 9.59 Å². The number of isocyanates is 2.